The maximum absolute atomic E-state index is 14.1. The molecule has 1 N–H and O–H groups in total. The lowest BCUT2D eigenvalue weighted by Gasteiger charge is -2.43. The normalized spacial score (nSPS) is 21.2. The number of allylic oxidation sites excluding steroid dienone is 1. The Morgan fingerprint density at radius 3 is 2.65 bits per heavy atom. The van der Waals surface area contributed by atoms with Crippen LogP contribution in [0.25, 0.3) is 11.0 Å². The van der Waals surface area contributed by atoms with Crippen LogP contribution in [-0.4, -0.2) is 30.9 Å². The fraction of sp³-hybridized carbons (Fsp3) is 0.222. The first-order valence-corrected chi connectivity index (χ1v) is 8.02. The van der Waals surface area contributed by atoms with Crippen LogP contribution in [0.5, 0.6) is 0 Å². The maximum atomic E-state index is 14.1. The highest BCUT2D eigenvalue weighted by atomic mass is 19.1. The number of nitrogens with one attached hydrogen (secondary N) is 1. The third-order valence-electron chi connectivity index (χ3n) is 4.23. The second kappa shape index (κ2) is 5.99. The van der Waals surface area contributed by atoms with E-state index in [0.29, 0.717) is 35.4 Å². The van der Waals surface area contributed by atoms with Crippen LogP contribution in [-0.2, 0) is 19.1 Å². The lowest BCUT2D eigenvalue weighted by molar-refractivity contribution is -0.219. The van der Waals surface area contributed by atoms with Crippen LogP contribution in [0.4, 0.5) is 10.1 Å². The van der Waals surface area contributed by atoms with E-state index in [1.165, 1.54) is 18.4 Å². The average Bonchev–Trinajstić information content (AvgIpc) is 3.01. The summed E-state index contributed by atoms with van der Waals surface area (Å²) in [5.41, 5.74) is 1.27. The first-order chi connectivity index (χ1) is 12.5. The second-order valence-electron chi connectivity index (χ2n) is 5.81. The molecule has 134 valence electrons. The molecule has 1 saturated heterocycles. The molecule has 4 rings (SSSR count). The Hall–Kier alpha value is -3.13. The molecule has 8 heteroatoms. The molecule has 0 radical (unpaired) electrons. The van der Waals surface area contributed by atoms with Crippen molar-refractivity contribution in [3.05, 3.63) is 54.2 Å². The van der Waals surface area contributed by atoms with Crippen molar-refractivity contribution in [3.63, 3.8) is 0 Å². The standard InChI is InChI=1S/C18H15FN2O5/c1-2-14-18(25-15(22)3-4-16(23)26-18)20-6-7-21(14)13-10-12(19)9-11-5-8-24-17(11)13/h2-5,8-10,20H,6-7H2,1H3/b14-2+. The quantitative estimate of drug-likeness (QED) is 0.783. The minimum absolute atomic E-state index is 0.316. The predicted molar refractivity (Wildman–Crippen MR) is 89.3 cm³/mol. The summed E-state index contributed by atoms with van der Waals surface area (Å²) >= 11 is 0. The highest BCUT2D eigenvalue weighted by Crippen LogP contribution is 2.37. The number of carbonyl (C=O) groups excluding carboxylic acids is 2. The number of carbonyl (C=O) groups is 2. The molecule has 2 aliphatic rings. The number of fused-ring (bicyclic) bond motifs is 1. The molecule has 0 bridgehead atoms. The van der Waals surface area contributed by atoms with Gasteiger partial charge in [0.15, 0.2) is 5.58 Å². The van der Waals surface area contributed by atoms with Crippen LogP contribution < -0.4 is 10.2 Å². The highest BCUT2D eigenvalue weighted by Gasteiger charge is 2.48. The van der Waals surface area contributed by atoms with E-state index >= 15 is 0 Å². The lowest BCUT2D eigenvalue weighted by atomic mass is 10.1. The van der Waals surface area contributed by atoms with Gasteiger partial charge in [0.2, 0.25) is 0 Å². The van der Waals surface area contributed by atoms with Gasteiger partial charge in [-0.3, -0.25) is 0 Å². The van der Waals surface area contributed by atoms with Crippen molar-refractivity contribution in [1.29, 1.82) is 0 Å². The Labute approximate surface area is 147 Å². The lowest BCUT2D eigenvalue weighted by Crippen LogP contribution is -2.62. The summed E-state index contributed by atoms with van der Waals surface area (Å²) in [5, 5.41) is 3.53. The molecule has 1 spiro atoms. The van der Waals surface area contributed by atoms with Crippen molar-refractivity contribution in [1.82, 2.24) is 5.32 Å². The molecule has 0 saturated carbocycles. The fourth-order valence-corrected chi connectivity index (χ4v) is 3.23. The van der Waals surface area contributed by atoms with Crippen LogP contribution >= 0.6 is 0 Å². The second-order valence-corrected chi connectivity index (χ2v) is 5.81. The van der Waals surface area contributed by atoms with Crippen LogP contribution in [0.1, 0.15) is 6.92 Å². The number of anilines is 1. The summed E-state index contributed by atoms with van der Waals surface area (Å²) in [6, 6.07) is 4.35. The van der Waals surface area contributed by atoms with Crippen LogP contribution in [0.15, 0.2) is 52.8 Å². The van der Waals surface area contributed by atoms with E-state index in [4.69, 9.17) is 13.9 Å². The van der Waals surface area contributed by atoms with Gasteiger partial charge >= 0.3 is 17.8 Å². The topological polar surface area (TPSA) is 81.0 Å². The monoisotopic (exact) mass is 358 g/mol. The van der Waals surface area contributed by atoms with Gasteiger partial charge in [-0.25, -0.2) is 19.3 Å². The van der Waals surface area contributed by atoms with Crippen molar-refractivity contribution in [2.24, 2.45) is 0 Å². The van der Waals surface area contributed by atoms with Crippen molar-refractivity contribution >= 4 is 28.6 Å². The third-order valence-corrected chi connectivity index (χ3v) is 4.23. The Morgan fingerprint density at radius 2 is 1.96 bits per heavy atom. The summed E-state index contributed by atoms with van der Waals surface area (Å²) in [4.78, 5) is 25.6. The van der Waals surface area contributed by atoms with Crippen LogP contribution in [0.2, 0.25) is 0 Å². The summed E-state index contributed by atoms with van der Waals surface area (Å²) in [6.45, 7) is 2.44. The van der Waals surface area contributed by atoms with E-state index < -0.39 is 23.7 Å². The predicted octanol–water partition coefficient (Wildman–Crippen LogP) is 2.20. The highest BCUT2D eigenvalue weighted by molar-refractivity contribution is 5.94. The zero-order chi connectivity index (χ0) is 18.3. The Balaban J connectivity index is 1.84. The van der Waals surface area contributed by atoms with Gasteiger partial charge in [0.05, 0.1) is 12.0 Å². The summed E-state index contributed by atoms with van der Waals surface area (Å²) in [6.07, 6.45) is 5.10. The van der Waals surface area contributed by atoms with E-state index in [1.807, 2.05) is 0 Å². The van der Waals surface area contributed by atoms with Gasteiger partial charge in [0.1, 0.15) is 11.5 Å². The summed E-state index contributed by atoms with van der Waals surface area (Å²) in [7, 11) is 0. The van der Waals surface area contributed by atoms with Crippen molar-refractivity contribution in [3.8, 4) is 0 Å². The van der Waals surface area contributed by atoms with Gasteiger partial charge < -0.3 is 18.8 Å². The fourth-order valence-electron chi connectivity index (χ4n) is 3.23. The molecule has 3 heterocycles. The van der Waals surface area contributed by atoms with Crippen molar-refractivity contribution < 1.29 is 27.9 Å². The van der Waals surface area contributed by atoms with Gasteiger partial charge in [-0.05, 0) is 19.1 Å². The van der Waals surface area contributed by atoms with Crippen LogP contribution in [0, 0.1) is 5.82 Å². The minimum atomic E-state index is -1.80. The molecule has 1 fully saturated rings. The number of furan rings is 1. The molecular formula is C18H15FN2O5. The maximum Gasteiger partial charge on any atom is 0.362 e. The van der Waals surface area contributed by atoms with Crippen molar-refractivity contribution in [2.75, 3.05) is 18.0 Å². The number of piperazine rings is 1. The zero-order valence-corrected chi connectivity index (χ0v) is 13.8. The Kier molecular flexibility index (Phi) is 3.77. The van der Waals surface area contributed by atoms with E-state index in [-0.39, 0.29) is 0 Å². The van der Waals surface area contributed by atoms with Gasteiger partial charge in [0, 0.05) is 36.7 Å². The SMILES string of the molecule is C/C=C1/N(c2cc(F)cc3ccoc23)CCNC12OC(=O)C=CC(=O)O2. The van der Waals surface area contributed by atoms with E-state index in [9.17, 15) is 14.0 Å². The molecule has 1 aromatic heterocycles. The Morgan fingerprint density at radius 1 is 1.23 bits per heavy atom. The molecule has 2 aromatic rings. The van der Waals surface area contributed by atoms with E-state index in [1.54, 1.807) is 24.0 Å². The molecule has 0 aliphatic carbocycles. The molecule has 0 amide bonds. The minimum Gasteiger partial charge on any atom is -0.462 e. The molecule has 7 nitrogen and oxygen atoms in total. The number of hydrogen-bond donors (Lipinski definition) is 1. The number of benzene rings is 1. The van der Waals surface area contributed by atoms with Gasteiger partial charge in [-0.1, -0.05) is 6.08 Å². The Bertz CT molecular complexity index is 942. The van der Waals surface area contributed by atoms with E-state index in [0.717, 1.165) is 12.2 Å². The largest absolute Gasteiger partial charge is 0.462 e. The molecule has 2 aliphatic heterocycles. The molecule has 1 aromatic carbocycles. The first-order valence-electron chi connectivity index (χ1n) is 8.02. The number of ether oxygens (including phenoxy) is 2. The smallest absolute Gasteiger partial charge is 0.362 e. The van der Waals surface area contributed by atoms with E-state index in [2.05, 4.69) is 5.32 Å². The van der Waals surface area contributed by atoms with Gasteiger partial charge in [-0.2, -0.15) is 0 Å². The van der Waals surface area contributed by atoms with Gasteiger partial charge in [0.25, 0.3) is 0 Å². The number of hydrogen-bond acceptors (Lipinski definition) is 7. The number of rotatable bonds is 1. The molecule has 0 unspecified atom stereocenters. The molecular weight excluding hydrogens is 343 g/mol. The third kappa shape index (κ3) is 2.55. The van der Waals surface area contributed by atoms with Crippen LogP contribution in [0.3, 0.4) is 0 Å². The summed E-state index contributed by atoms with van der Waals surface area (Å²) in [5.74, 6) is -3.69. The van der Waals surface area contributed by atoms with Crippen molar-refractivity contribution in [2.45, 2.75) is 12.8 Å². The molecule has 0 atom stereocenters. The number of halogens is 1. The summed E-state index contributed by atoms with van der Waals surface area (Å²) < 4.78 is 30.4. The van der Waals surface area contributed by atoms with Gasteiger partial charge in [-0.15, -0.1) is 0 Å². The first kappa shape index (κ1) is 16.3. The zero-order valence-electron chi connectivity index (χ0n) is 13.8. The molecule has 26 heavy (non-hydrogen) atoms. The number of esters is 2. The number of nitrogens with zero attached hydrogens (tertiary/aromatic N) is 1. The average molecular weight is 358 g/mol.